The molecule has 2 amide bonds. The van der Waals surface area contributed by atoms with Crippen molar-refractivity contribution in [3.8, 4) is 0 Å². The first-order chi connectivity index (χ1) is 16.7. The number of cyclic esters (lactones) is 1. The van der Waals surface area contributed by atoms with Gasteiger partial charge in [0.2, 0.25) is 11.8 Å². The van der Waals surface area contributed by atoms with Gasteiger partial charge in [0.25, 0.3) is 0 Å². The minimum Gasteiger partial charge on any atom is -0.461 e. The third-order valence-electron chi connectivity index (χ3n) is 7.66. The van der Waals surface area contributed by atoms with Crippen LogP contribution in [0.3, 0.4) is 0 Å². The van der Waals surface area contributed by atoms with Crippen LogP contribution in [0.5, 0.6) is 0 Å². The Morgan fingerprint density at radius 1 is 0.861 bits per heavy atom. The summed E-state index contributed by atoms with van der Waals surface area (Å²) in [5.74, 6) is 0.815. The molecule has 1 heterocycles. The molecule has 36 heavy (non-hydrogen) atoms. The third kappa shape index (κ3) is 11.0. The predicted octanol–water partition coefficient (Wildman–Crippen LogP) is 6.04. The van der Waals surface area contributed by atoms with E-state index in [0.29, 0.717) is 23.3 Å². The van der Waals surface area contributed by atoms with Gasteiger partial charge in [-0.15, -0.1) is 0 Å². The number of amides is 2. The second-order valence-electron chi connectivity index (χ2n) is 12.2. The zero-order chi connectivity index (χ0) is 27.6. The zero-order valence-electron chi connectivity index (χ0n) is 24.6. The van der Waals surface area contributed by atoms with E-state index in [9.17, 15) is 14.4 Å². The summed E-state index contributed by atoms with van der Waals surface area (Å²) in [6.45, 7) is 20.5. The summed E-state index contributed by atoms with van der Waals surface area (Å²) in [6, 6.07) is -1.48. The quantitative estimate of drug-likeness (QED) is 0.457. The molecular formula is C30H54N2O4. The fourth-order valence-electron chi connectivity index (χ4n) is 5.44. The standard InChI is InChI=1S/C30H54N2O4/c1-11-23(8)27-30(35)36-25(10)13-12-19(4)14-20(5)15-21(6)16-22(7)17-24(9)28(33)31-26(18(2)3)29(34)32-27/h17-23,25-27H,11-16H2,1-10H3,(H,31,33)(H,32,34). The van der Waals surface area contributed by atoms with Crippen LogP contribution in [0.2, 0.25) is 0 Å². The van der Waals surface area contributed by atoms with Crippen LogP contribution in [0.1, 0.15) is 108 Å². The maximum atomic E-state index is 13.3. The van der Waals surface area contributed by atoms with Crippen LogP contribution in [0.4, 0.5) is 0 Å². The number of nitrogens with one attached hydrogen (secondary N) is 2. The van der Waals surface area contributed by atoms with E-state index in [1.54, 1.807) is 0 Å². The van der Waals surface area contributed by atoms with Gasteiger partial charge in [0, 0.05) is 5.57 Å². The average Bonchev–Trinajstić information content (AvgIpc) is 2.77. The van der Waals surface area contributed by atoms with Gasteiger partial charge < -0.3 is 15.4 Å². The number of carbonyl (C=O) groups excluding carboxylic acids is 3. The lowest BCUT2D eigenvalue weighted by molar-refractivity contribution is -0.154. The molecule has 6 nitrogen and oxygen atoms in total. The molecule has 208 valence electrons. The van der Waals surface area contributed by atoms with Gasteiger partial charge in [-0.2, -0.15) is 0 Å². The first-order valence-electron chi connectivity index (χ1n) is 14.2. The molecule has 1 aliphatic rings. The fraction of sp³-hybridized carbons (Fsp3) is 0.833. The highest BCUT2D eigenvalue weighted by molar-refractivity contribution is 5.97. The molecule has 0 fully saturated rings. The number of carbonyl (C=O) groups is 3. The minimum atomic E-state index is -0.746. The highest BCUT2D eigenvalue weighted by Crippen LogP contribution is 2.27. The van der Waals surface area contributed by atoms with Gasteiger partial charge in [0.15, 0.2) is 0 Å². The molecule has 2 N–H and O–H groups in total. The van der Waals surface area contributed by atoms with Crippen LogP contribution in [0.25, 0.3) is 0 Å². The molecule has 0 aromatic heterocycles. The molecule has 0 aliphatic carbocycles. The third-order valence-corrected chi connectivity index (χ3v) is 7.66. The van der Waals surface area contributed by atoms with Gasteiger partial charge in [-0.05, 0) is 81.5 Å². The van der Waals surface area contributed by atoms with Gasteiger partial charge in [-0.3, -0.25) is 9.59 Å². The first-order valence-corrected chi connectivity index (χ1v) is 14.2. The van der Waals surface area contributed by atoms with Crippen molar-refractivity contribution in [1.29, 1.82) is 0 Å². The molecule has 0 aromatic rings. The molecule has 0 spiro atoms. The second kappa shape index (κ2) is 15.4. The number of ether oxygens (including phenoxy) is 1. The normalized spacial score (nSPS) is 33.7. The molecule has 0 bridgehead atoms. The van der Waals surface area contributed by atoms with Crippen molar-refractivity contribution in [2.45, 2.75) is 126 Å². The van der Waals surface area contributed by atoms with Crippen molar-refractivity contribution in [3.05, 3.63) is 11.6 Å². The van der Waals surface area contributed by atoms with Gasteiger partial charge in [0.05, 0.1) is 6.10 Å². The van der Waals surface area contributed by atoms with E-state index in [1.807, 2.05) is 47.6 Å². The molecular weight excluding hydrogens is 452 g/mol. The monoisotopic (exact) mass is 506 g/mol. The number of hydrogen-bond acceptors (Lipinski definition) is 4. The molecule has 8 atom stereocenters. The Morgan fingerprint density at radius 3 is 2.03 bits per heavy atom. The number of allylic oxidation sites excluding steroid dienone is 1. The van der Waals surface area contributed by atoms with E-state index in [4.69, 9.17) is 4.74 Å². The summed E-state index contributed by atoms with van der Waals surface area (Å²) < 4.78 is 5.80. The highest BCUT2D eigenvalue weighted by Gasteiger charge is 2.33. The van der Waals surface area contributed by atoms with Gasteiger partial charge in [0.1, 0.15) is 12.1 Å². The summed E-state index contributed by atoms with van der Waals surface area (Å²) in [5, 5.41) is 5.82. The van der Waals surface area contributed by atoms with E-state index in [2.05, 4.69) is 38.3 Å². The Hall–Kier alpha value is -1.85. The van der Waals surface area contributed by atoms with E-state index in [-0.39, 0.29) is 35.7 Å². The van der Waals surface area contributed by atoms with E-state index >= 15 is 0 Å². The van der Waals surface area contributed by atoms with E-state index < -0.39 is 18.1 Å². The van der Waals surface area contributed by atoms with E-state index in [1.165, 1.54) is 0 Å². The molecule has 1 rings (SSSR count). The van der Waals surface area contributed by atoms with Crippen LogP contribution >= 0.6 is 0 Å². The molecule has 0 aromatic carbocycles. The van der Waals surface area contributed by atoms with E-state index in [0.717, 1.165) is 38.5 Å². The Balaban J connectivity index is 3.22. The lowest BCUT2D eigenvalue weighted by Crippen LogP contribution is -2.55. The molecule has 1 aliphatic heterocycles. The van der Waals surface area contributed by atoms with Crippen molar-refractivity contribution in [1.82, 2.24) is 10.6 Å². The summed E-state index contributed by atoms with van der Waals surface area (Å²) in [6.07, 6.45) is 7.69. The predicted molar refractivity (Wildman–Crippen MR) is 147 cm³/mol. The van der Waals surface area contributed by atoms with Crippen LogP contribution in [-0.4, -0.2) is 36.0 Å². The lowest BCUT2D eigenvalue weighted by atomic mass is 9.84. The maximum absolute atomic E-state index is 13.3. The molecule has 8 unspecified atom stereocenters. The first kappa shape index (κ1) is 32.2. The maximum Gasteiger partial charge on any atom is 0.329 e. The van der Waals surface area contributed by atoms with Crippen LogP contribution in [-0.2, 0) is 19.1 Å². The number of rotatable bonds is 3. The van der Waals surface area contributed by atoms with Crippen molar-refractivity contribution < 1.29 is 19.1 Å². The summed E-state index contributed by atoms with van der Waals surface area (Å²) in [4.78, 5) is 39.4. The van der Waals surface area contributed by atoms with Gasteiger partial charge >= 0.3 is 5.97 Å². The fourth-order valence-corrected chi connectivity index (χ4v) is 5.44. The summed E-state index contributed by atoms with van der Waals surface area (Å²) in [5.41, 5.74) is 0.621. The van der Waals surface area contributed by atoms with Crippen molar-refractivity contribution >= 4 is 17.8 Å². The van der Waals surface area contributed by atoms with Crippen molar-refractivity contribution in [2.24, 2.45) is 35.5 Å². The molecule has 0 radical (unpaired) electrons. The number of hydrogen-bond donors (Lipinski definition) is 2. The summed E-state index contributed by atoms with van der Waals surface area (Å²) in [7, 11) is 0. The highest BCUT2D eigenvalue weighted by atomic mass is 16.5. The largest absolute Gasteiger partial charge is 0.461 e. The van der Waals surface area contributed by atoms with Crippen LogP contribution in [0, 0.1) is 35.5 Å². The number of esters is 1. The van der Waals surface area contributed by atoms with Gasteiger partial charge in [-0.25, -0.2) is 4.79 Å². The smallest absolute Gasteiger partial charge is 0.329 e. The topological polar surface area (TPSA) is 84.5 Å². The second-order valence-corrected chi connectivity index (χ2v) is 12.2. The van der Waals surface area contributed by atoms with Crippen LogP contribution < -0.4 is 10.6 Å². The average molecular weight is 507 g/mol. The molecule has 0 saturated heterocycles. The molecule has 6 heteroatoms. The van der Waals surface area contributed by atoms with Crippen LogP contribution in [0.15, 0.2) is 11.6 Å². The zero-order valence-corrected chi connectivity index (χ0v) is 24.6. The lowest BCUT2D eigenvalue weighted by Gasteiger charge is -2.29. The minimum absolute atomic E-state index is 0.0840. The van der Waals surface area contributed by atoms with Crippen molar-refractivity contribution in [2.75, 3.05) is 0 Å². The Labute approximate surface area is 220 Å². The van der Waals surface area contributed by atoms with Crippen molar-refractivity contribution in [3.63, 3.8) is 0 Å². The summed E-state index contributed by atoms with van der Waals surface area (Å²) >= 11 is 0. The van der Waals surface area contributed by atoms with Gasteiger partial charge in [-0.1, -0.05) is 67.9 Å². The Kier molecular flexibility index (Phi) is 13.8. The SMILES string of the molecule is CCC(C)C1NC(=O)C(C(C)C)NC(=O)C(C)=CC(C)CC(C)CC(C)CC(C)CCC(C)OC1=O. The molecule has 0 saturated carbocycles. The Bertz CT molecular complexity index is 747. The Morgan fingerprint density at radius 2 is 1.44 bits per heavy atom.